The van der Waals surface area contributed by atoms with Gasteiger partial charge in [-0.2, -0.15) is 0 Å². The first kappa shape index (κ1) is 17.8. The third-order valence-corrected chi connectivity index (χ3v) is 4.81. The Balaban J connectivity index is 1.65. The van der Waals surface area contributed by atoms with E-state index in [-0.39, 0.29) is 29.7 Å². The van der Waals surface area contributed by atoms with E-state index in [1.165, 1.54) is 6.07 Å². The van der Waals surface area contributed by atoms with Crippen molar-refractivity contribution in [3.8, 4) is 0 Å². The Bertz CT molecular complexity index is 747. The Morgan fingerprint density at radius 1 is 1.36 bits per heavy atom. The molecule has 1 saturated carbocycles. The number of aromatic nitrogens is 1. The zero-order chi connectivity index (χ0) is 17.8. The fourth-order valence-corrected chi connectivity index (χ4v) is 3.63. The number of carbonyl (C=O) groups excluding carboxylic acids is 1. The Labute approximate surface area is 148 Å². The lowest BCUT2D eigenvalue weighted by atomic mass is 9.85. The molecule has 1 aromatic heterocycles. The molecule has 2 aromatic rings. The van der Waals surface area contributed by atoms with Gasteiger partial charge >= 0.3 is 0 Å². The molecule has 1 aromatic carbocycles. The van der Waals surface area contributed by atoms with Gasteiger partial charge < -0.3 is 10.6 Å². The number of hydrogen-bond donors (Lipinski definition) is 2. The summed E-state index contributed by atoms with van der Waals surface area (Å²) in [6, 6.07) is 7.21. The smallest absolute Gasteiger partial charge is 0.223 e. The van der Waals surface area contributed by atoms with Crippen LogP contribution in [0.4, 0.5) is 4.39 Å². The monoisotopic (exact) mass is 343 g/mol. The summed E-state index contributed by atoms with van der Waals surface area (Å²) in [5, 5.41) is 7.34. The lowest BCUT2D eigenvalue weighted by Crippen LogP contribution is -2.42. The van der Waals surface area contributed by atoms with Gasteiger partial charge in [0.1, 0.15) is 5.82 Å². The van der Waals surface area contributed by atoms with Gasteiger partial charge in [-0.05, 0) is 56.9 Å². The highest BCUT2D eigenvalue weighted by atomic mass is 19.1. The van der Waals surface area contributed by atoms with Crippen molar-refractivity contribution in [2.45, 2.75) is 58.2 Å². The quantitative estimate of drug-likeness (QED) is 0.873. The molecule has 1 heterocycles. The molecule has 1 amide bonds. The molecule has 3 rings (SSSR count). The van der Waals surface area contributed by atoms with Crippen LogP contribution < -0.4 is 10.6 Å². The van der Waals surface area contributed by atoms with Crippen molar-refractivity contribution < 1.29 is 9.18 Å². The van der Waals surface area contributed by atoms with Gasteiger partial charge in [-0.15, -0.1) is 0 Å². The number of carbonyl (C=O) groups is 1. The second-order valence-electron chi connectivity index (χ2n) is 7.24. The van der Waals surface area contributed by atoms with Crippen molar-refractivity contribution in [2.75, 3.05) is 0 Å². The molecular formula is C20H26FN3O. The zero-order valence-electron chi connectivity index (χ0n) is 14.9. The van der Waals surface area contributed by atoms with Crippen LogP contribution in [0.5, 0.6) is 0 Å². The predicted molar refractivity (Wildman–Crippen MR) is 97.6 cm³/mol. The maximum absolute atomic E-state index is 13.8. The van der Waals surface area contributed by atoms with Crippen molar-refractivity contribution in [1.29, 1.82) is 0 Å². The summed E-state index contributed by atoms with van der Waals surface area (Å²) in [6.07, 6.45) is 5.60. The minimum Gasteiger partial charge on any atom is -0.354 e. The molecule has 0 saturated heterocycles. The molecule has 4 nitrogen and oxygen atoms in total. The predicted octanol–water partition coefficient (Wildman–Crippen LogP) is 3.55. The highest BCUT2D eigenvalue weighted by Gasteiger charge is 2.27. The highest BCUT2D eigenvalue weighted by Crippen LogP contribution is 2.25. The molecule has 2 unspecified atom stereocenters. The minimum absolute atomic E-state index is 0.0658. The van der Waals surface area contributed by atoms with Gasteiger partial charge in [0.15, 0.2) is 0 Å². The molecule has 5 heteroatoms. The van der Waals surface area contributed by atoms with E-state index >= 15 is 0 Å². The lowest BCUT2D eigenvalue weighted by Gasteiger charge is -2.29. The topological polar surface area (TPSA) is 54.0 Å². The van der Waals surface area contributed by atoms with Gasteiger partial charge in [-0.1, -0.05) is 12.5 Å². The molecule has 1 aliphatic rings. The second-order valence-corrected chi connectivity index (χ2v) is 7.24. The van der Waals surface area contributed by atoms with E-state index < -0.39 is 0 Å². The van der Waals surface area contributed by atoms with E-state index in [2.05, 4.69) is 15.6 Å². The van der Waals surface area contributed by atoms with Crippen molar-refractivity contribution in [2.24, 2.45) is 5.92 Å². The molecule has 1 aliphatic carbocycles. The van der Waals surface area contributed by atoms with Crippen molar-refractivity contribution >= 4 is 16.8 Å². The van der Waals surface area contributed by atoms with Gasteiger partial charge in [0.25, 0.3) is 0 Å². The Kier molecular flexibility index (Phi) is 5.63. The average molecular weight is 343 g/mol. The largest absolute Gasteiger partial charge is 0.354 e. The summed E-state index contributed by atoms with van der Waals surface area (Å²) in [5.74, 6) is -0.0227. The number of benzene rings is 1. The Morgan fingerprint density at radius 2 is 2.20 bits per heavy atom. The number of nitrogens with one attached hydrogen (secondary N) is 2. The van der Waals surface area contributed by atoms with Crippen molar-refractivity contribution in [3.05, 3.63) is 41.8 Å². The van der Waals surface area contributed by atoms with E-state index in [1.807, 2.05) is 26.0 Å². The summed E-state index contributed by atoms with van der Waals surface area (Å²) in [7, 11) is 0. The van der Waals surface area contributed by atoms with Crippen LogP contribution in [-0.4, -0.2) is 23.0 Å². The number of nitrogens with zero attached hydrogens (tertiary/aromatic N) is 1. The maximum atomic E-state index is 13.8. The summed E-state index contributed by atoms with van der Waals surface area (Å²) in [6.45, 7) is 4.53. The number of amides is 1. The molecular weight excluding hydrogens is 317 g/mol. The van der Waals surface area contributed by atoms with Gasteiger partial charge in [0.05, 0.1) is 5.52 Å². The highest BCUT2D eigenvalue weighted by molar-refractivity contribution is 5.81. The molecule has 134 valence electrons. The lowest BCUT2D eigenvalue weighted by molar-refractivity contribution is -0.126. The zero-order valence-corrected chi connectivity index (χ0v) is 14.9. The first-order valence-corrected chi connectivity index (χ1v) is 9.10. The number of hydrogen-bond acceptors (Lipinski definition) is 3. The molecule has 0 radical (unpaired) electrons. The minimum atomic E-state index is -0.241. The van der Waals surface area contributed by atoms with Gasteiger partial charge in [0.2, 0.25) is 5.91 Å². The fraction of sp³-hybridized carbons (Fsp3) is 0.500. The average Bonchev–Trinajstić information content (AvgIpc) is 2.59. The van der Waals surface area contributed by atoms with Crippen LogP contribution in [0.1, 0.15) is 45.1 Å². The molecule has 2 N–H and O–H groups in total. The van der Waals surface area contributed by atoms with Crippen LogP contribution in [0.3, 0.4) is 0 Å². The number of halogens is 1. The van der Waals surface area contributed by atoms with Crippen LogP contribution in [0.25, 0.3) is 10.9 Å². The third-order valence-electron chi connectivity index (χ3n) is 4.81. The summed E-state index contributed by atoms with van der Waals surface area (Å²) < 4.78 is 13.8. The van der Waals surface area contributed by atoms with Gasteiger partial charge in [-0.3, -0.25) is 9.78 Å². The van der Waals surface area contributed by atoms with E-state index in [0.717, 1.165) is 42.1 Å². The van der Waals surface area contributed by atoms with Crippen LogP contribution in [0, 0.1) is 11.7 Å². The number of rotatable bonds is 5. The molecule has 0 spiro atoms. The SMILES string of the molecule is CC(C)NC(=O)C1CCCC(NCc2cc(F)cc3cccnc23)C1. The molecule has 0 bridgehead atoms. The number of fused-ring (bicyclic) bond motifs is 1. The standard InChI is InChI=1S/C20H26FN3O/c1-13(2)24-20(25)15-5-3-7-18(11-15)23-12-16-10-17(21)9-14-6-4-8-22-19(14)16/h4,6,8-10,13,15,18,23H,3,5,7,11-12H2,1-2H3,(H,24,25). The summed E-state index contributed by atoms with van der Waals surface area (Å²) >= 11 is 0. The second kappa shape index (κ2) is 7.91. The fourth-order valence-electron chi connectivity index (χ4n) is 3.63. The molecule has 0 aliphatic heterocycles. The molecule has 25 heavy (non-hydrogen) atoms. The Morgan fingerprint density at radius 3 is 3.00 bits per heavy atom. The first-order valence-electron chi connectivity index (χ1n) is 9.10. The normalized spacial score (nSPS) is 20.8. The van der Waals surface area contributed by atoms with Gasteiger partial charge in [0, 0.05) is 36.1 Å². The maximum Gasteiger partial charge on any atom is 0.223 e. The first-order chi connectivity index (χ1) is 12.0. The summed E-state index contributed by atoms with van der Waals surface area (Å²) in [5.41, 5.74) is 1.70. The van der Waals surface area contributed by atoms with Crippen molar-refractivity contribution in [1.82, 2.24) is 15.6 Å². The molecule has 1 fully saturated rings. The Hall–Kier alpha value is -2.01. The van der Waals surface area contributed by atoms with E-state index in [1.54, 1.807) is 12.3 Å². The third kappa shape index (κ3) is 4.54. The van der Waals surface area contributed by atoms with E-state index in [9.17, 15) is 9.18 Å². The van der Waals surface area contributed by atoms with Gasteiger partial charge in [-0.25, -0.2) is 4.39 Å². The summed E-state index contributed by atoms with van der Waals surface area (Å²) in [4.78, 5) is 16.6. The number of pyridine rings is 1. The molecule has 2 atom stereocenters. The van der Waals surface area contributed by atoms with Crippen LogP contribution >= 0.6 is 0 Å². The van der Waals surface area contributed by atoms with E-state index in [0.29, 0.717) is 6.54 Å². The van der Waals surface area contributed by atoms with E-state index in [4.69, 9.17) is 0 Å². The van der Waals surface area contributed by atoms with Crippen LogP contribution in [0.2, 0.25) is 0 Å². The van der Waals surface area contributed by atoms with Crippen LogP contribution in [-0.2, 0) is 11.3 Å². The van der Waals surface area contributed by atoms with Crippen molar-refractivity contribution in [3.63, 3.8) is 0 Å². The van der Waals surface area contributed by atoms with Crippen LogP contribution in [0.15, 0.2) is 30.5 Å².